The summed E-state index contributed by atoms with van der Waals surface area (Å²) in [6.45, 7) is 3.13. The van der Waals surface area contributed by atoms with Gasteiger partial charge in [-0.3, -0.25) is 14.5 Å². The number of sulfonamides is 1. The monoisotopic (exact) mass is 350 g/mol. The van der Waals surface area contributed by atoms with Gasteiger partial charge >= 0.3 is 0 Å². The van der Waals surface area contributed by atoms with Crippen molar-refractivity contribution in [1.29, 1.82) is 0 Å². The fourth-order valence-electron chi connectivity index (χ4n) is 3.32. The molecule has 7 heteroatoms. The lowest BCUT2D eigenvalue weighted by molar-refractivity contribution is -0.129. The molecule has 1 aromatic rings. The maximum absolute atomic E-state index is 12.7. The van der Waals surface area contributed by atoms with E-state index in [1.54, 1.807) is 12.1 Å². The van der Waals surface area contributed by atoms with Crippen LogP contribution >= 0.6 is 0 Å². The zero-order chi connectivity index (χ0) is 17.3. The maximum atomic E-state index is 12.7. The molecule has 130 valence electrons. The van der Waals surface area contributed by atoms with Crippen LogP contribution in [-0.4, -0.2) is 37.6 Å². The van der Waals surface area contributed by atoms with E-state index in [2.05, 4.69) is 6.92 Å². The van der Waals surface area contributed by atoms with E-state index in [1.165, 1.54) is 16.4 Å². The normalized spacial score (nSPS) is 23.5. The third kappa shape index (κ3) is 3.23. The predicted molar refractivity (Wildman–Crippen MR) is 89.9 cm³/mol. The Kier molecular flexibility index (Phi) is 4.73. The number of benzene rings is 1. The van der Waals surface area contributed by atoms with Crippen molar-refractivity contribution in [2.45, 2.75) is 43.9 Å². The summed E-state index contributed by atoms with van der Waals surface area (Å²) in [5.41, 5.74) is 0.440. The molecule has 1 aromatic carbocycles. The highest BCUT2D eigenvalue weighted by Gasteiger charge is 2.30. The molecular weight excluding hydrogens is 328 g/mol. The average Bonchev–Trinajstić information content (AvgIpc) is 2.55. The van der Waals surface area contributed by atoms with Crippen LogP contribution in [0.15, 0.2) is 29.2 Å². The molecule has 0 saturated carbocycles. The minimum atomic E-state index is -3.52. The number of anilines is 1. The van der Waals surface area contributed by atoms with Crippen molar-refractivity contribution in [3.8, 4) is 0 Å². The van der Waals surface area contributed by atoms with Crippen LogP contribution in [-0.2, 0) is 19.6 Å². The Balaban J connectivity index is 1.83. The van der Waals surface area contributed by atoms with Gasteiger partial charge < -0.3 is 0 Å². The second kappa shape index (κ2) is 6.64. The van der Waals surface area contributed by atoms with Gasteiger partial charge in [0.15, 0.2) is 0 Å². The number of imide groups is 1. The van der Waals surface area contributed by atoms with Crippen molar-refractivity contribution >= 4 is 27.5 Å². The first-order valence-electron chi connectivity index (χ1n) is 8.35. The lowest BCUT2D eigenvalue weighted by atomic mass is 10.0. The van der Waals surface area contributed by atoms with Crippen LogP contribution in [0.4, 0.5) is 5.69 Å². The molecule has 2 amide bonds. The predicted octanol–water partition coefficient (Wildman–Crippen LogP) is 2.15. The third-order valence-corrected chi connectivity index (χ3v) is 6.51. The summed E-state index contributed by atoms with van der Waals surface area (Å²) in [5, 5.41) is 0. The number of carbonyl (C=O) groups is 2. The number of rotatable bonds is 3. The molecule has 0 spiro atoms. The first-order valence-corrected chi connectivity index (χ1v) is 9.79. The van der Waals surface area contributed by atoms with E-state index in [9.17, 15) is 18.0 Å². The minimum Gasteiger partial charge on any atom is -0.274 e. The van der Waals surface area contributed by atoms with Gasteiger partial charge in [-0.15, -0.1) is 0 Å². The molecule has 0 bridgehead atoms. The summed E-state index contributed by atoms with van der Waals surface area (Å²) < 4.78 is 27.0. The summed E-state index contributed by atoms with van der Waals surface area (Å²) >= 11 is 0. The van der Waals surface area contributed by atoms with Crippen LogP contribution in [0.3, 0.4) is 0 Å². The van der Waals surface area contributed by atoms with Crippen LogP contribution in [0.1, 0.15) is 39.0 Å². The first kappa shape index (κ1) is 17.1. The van der Waals surface area contributed by atoms with E-state index in [-0.39, 0.29) is 16.7 Å². The van der Waals surface area contributed by atoms with Gasteiger partial charge in [0.05, 0.1) is 10.6 Å². The van der Waals surface area contributed by atoms with Gasteiger partial charge in [0, 0.05) is 25.9 Å². The summed E-state index contributed by atoms with van der Waals surface area (Å²) in [7, 11) is -3.52. The molecule has 0 aromatic heterocycles. The molecule has 0 aliphatic carbocycles. The van der Waals surface area contributed by atoms with Gasteiger partial charge in [-0.25, -0.2) is 8.42 Å². The molecule has 2 aliphatic rings. The number of hydrogen-bond donors (Lipinski definition) is 0. The molecule has 2 aliphatic heterocycles. The standard InChI is InChI=1S/C17H22N2O4S/c1-13-4-3-11-18(12-13)24(22,23)15-9-7-14(8-10-15)19-16(20)5-2-6-17(19)21/h7-10,13H,2-6,11-12H2,1H3. The Morgan fingerprint density at radius 3 is 2.21 bits per heavy atom. The van der Waals surface area contributed by atoms with E-state index in [1.807, 2.05) is 0 Å². The van der Waals surface area contributed by atoms with Crippen LogP contribution in [0.25, 0.3) is 0 Å². The number of carbonyl (C=O) groups excluding carboxylic acids is 2. The van der Waals surface area contributed by atoms with Gasteiger partial charge in [0.2, 0.25) is 21.8 Å². The fourth-order valence-corrected chi connectivity index (χ4v) is 4.92. The van der Waals surface area contributed by atoms with Gasteiger partial charge in [-0.05, 0) is 49.4 Å². The number of nitrogens with zero attached hydrogens (tertiary/aromatic N) is 2. The molecule has 6 nitrogen and oxygen atoms in total. The van der Waals surface area contributed by atoms with Crippen molar-refractivity contribution in [3.63, 3.8) is 0 Å². The summed E-state index contributed by atoms with van der Waals surface area (Å²) in [6, 6.07) is 6.06. The van der Waals surface area contributed by atoms with Crippen LogP contribution in [0.2, 0.25) is 0 Å². The van der Waals surface area contributed by atoms with Crippen LogP contribution < -0.4 is 4.90 Å². The van der Waals surface area contributed by atoms with Crippen molar-refractivity contribution < 1.29 is 18.0 Å². The van der Waals surface area contributed by atoms with Crippen molar-refractivity contribution in [3.05, 3.63) is 24.3 Å². The maximum Gasteiger partial charge on any atom is 0.243 e. The van der Waals surface area contributed by atoms with E-state index in [0.29, 0.717) is 44.0 Å². The second-order valence-electron chi connectivity index (χ2n) is 6.58. The van der Waals surface area contributed by atoms with Crippen molar-refractivity contribution in [1.82, 2.24) is 4.31 Å². The lowest BCUT2D eigenvalue weighted by Gasteiger charge is -2.30. The molecule has 2 fully saturated rings. The van der Waals surface area contributed by atoms with Crippen LogP contribution in [0.5, 0.6) is 0 Å². The summed E-state index contributed by atoms with van der Waals surface area (Å²) in [4.78, 5) is 25.3. The van der Waals surface area contributed by atoms with E-state index in [4.69, 9.17) is 0 Å². The number of piperidine rings is 2. The van der Waals surface area contributed by atoms with E-state index >= 15 is 0 Å². The molecule has 24 heavy (non-hydrogen) atoms. The Bertz CT molecular complexity index is 726. The number of hydrogen-bond acceptors (Lipinski definition) is 4. The topological polar surface area (TPSA) is 74.8 Å². The molecule has 0 radical (unpaired) electrons. The first-order chi connectivity index (χ1) is 11.4. The molecule has 1 atom stereocenters. The quantitative estimate of drug-likeness (QED) is 0.783. The molecule has 0 N–H and O–H groups in total. The number of amides is 2. The molecular formula is C17H22N2O4S. The highest BCUT2D eigenvalue weighted by atomic mass is 32.2. The fraction of sp³-hybridized carbons (Fsp3) is 0.529. The van der Waals surface area contributed by atoms with Gasteiger partial charge in [-0.2, -0.15) is 4.31 Å². The Hall–Kier alpha value is -1.73. The summed E-state index contributed by atoms with van der Waals surface area (Å²) in [6.07, 6.45) is 3.18. The minimum absolute atomic E-state index is 0.206. The van der Waals surface area contributed by atoms with Crippen molar-refractivity contribution in [2.24, 2.45) is 5.92 Å². The highest BCUT2D eigenvalue weighted by Crippen LogP contribution is 2.27. The zero-order valence-corrected chi connectivity index (χ0v) is 14.6. The highest BCUT2D eigenvalue weighted by molar-refractivity contribution is 7.89. The second-order valence-corrected chi connectivity index (χ2v) is 8.52. The van der Waals surface area contributed by atoms with Gasteiger partial charge in [-0.1, -0.05) is 6.92 Å². The van der Waals surface area contributed by atoms with Gasteiger partial charge in [0.25, 0.3) is 0 Å². The SMILES string of the molecule is CC1CCCN(S(=O)(=O)c2ccc(N3C(=O)CCCC3=O)cc2)C1. The zero-order valence-electron chi connectivity index (χ0n) is 13.8. The van der Waals surface area contributed by atoms with Crippen molar-refractivity contribution in [2.75, 3.05) is 18.0 Å². The Labute approximate surface area is 142 Å². The molecule has 3 rings (SSSR count). The third-order valence-electron chi connectivity index (χ3n) is 4.63. The van der Waals surface area contributed by atoms with E-state index < -0.39 is 10.0 Å². The average molecular weight is 350 g/mol. The Morgan fingerprint density at radius 1 is 1.00 bits per heavy atom. The smallest absolute Gasteiger partial charge is 0.243 e. The molecule has 1 unspecified atom stereocenters. The molecule has 2 saturated heterocycles. The largest absolute Gasteiger partial charge is 0.274 e. The Morgan fingerprint density at radius 2 is 1.62 bits per heavy atom. The summed E-state index contributed by atoms with van der Waals surface area (Å²) in [5.74, 6) is -0.102. The van der Waals surface area contributed by atoms with Crippen LogP contribution in [0, 0.1) is 5.92 Å². The molecule has 2 heterocycles. The van der Waals surface area contributed by atoms with Gasteiger partial charge in [0.1, 0.15) is 0 Å². The van der Waals surface area contributed by atoms with E-state index in [0.717, 1.165) is 17.7 Å². The lowest BCUT2D eigenvalue weighted by Crippen LogP contribution is -2.40.